The summed E-state index contributed by atoms with van der Waals surface area (Å²) in [5.74, 6) is 0.824. The molecule has 0 bridgehead atoms. The standard InChI is InChI=1S/C27H23N3O/c1-3-31-21-12-13-24-26(16-21)29-18(2)14-27(24)30-28-17-25-22-10-6-4-8-19(22)15-20-9-5-7-11-23(20)25/h4-17H,3H2,1-2H3,(H,29,30)/b28-17+. The number of hydrazone groups is 1. The van der Waals surface area contributed by atoms with Gasteiger partial charge in [0.25, 0.3) is 0 Å². The lowest BCUT2D eigenvalue weighted by Gasteiger charge is -2.10. The van der Waals surface area contributed by atoms with Gasteiger partial charge >= 0.3 is 0 Å². The number of benzene rings is 4. The first kappa shape index (κ1) is 19.1. The fraction of sp³-hybridized carbons (Fsp3) is 0.111. The van der Waals surface area contributed by atoms with E-state index in [9.17, 15) is 0 Å². The molecule has 4 nitrogen and oxygen atoms in total. The van der Waals surface area contributed by atoms with Crippen LogP contribution in [0.3, 0.4) is 0 Å². The van der Waals surface area contributed by atoms with Crippen molar-refractivity contribution in [2.45, 2.75) is 13.8 Å². The number of ether oxygens (including phenoxy) is 1. The van der Waals surface area contributed by atoms with Gasteiger partial charge < -0.3 is 4.74 Å². The van der Waals surface area contributed by atoms with Gasteiger partial charge in [0.15, 0.2) is 0 Å². The summed E-state index contributed by atoms with van der Waals surface area (Å²) in [6, 6.07) is 27.0. The summed E-state index contributed by atoms with van der Waals surface area (Å²) in [4.78, 5) is 4.66. The van der Waals surface area contributed by atoms with E-state index >= 15 is 0 Å². The van der Waals surface area contributed by atoms with Gasteiger partial charge in [-0.05, 0) is 59.7 Å². The monoisotopic (exact) mass is 405 g/mol. The van der Waals surface area contributed by atoms with Crippen molar-refractivity contribution in [1.29, 1.82) is 0 Å². The van der Waals surface area contributed by atoms with Gasteiger partial charge in [-0.25, -0.2) is 0 Å². The highest BCUT2D eigenvalue weighted by molar-refractivity contribution is 6.13. The van der Waals surface area contributed by atoms with Crippen LogP contribution in [0.5, 0.6) is 5.75 Å². The molecule has 5 rings (SSSR count). The number of fused-ring (bicyclic) bond motifs is 3. The molecule has 0 amide bonds. The topological polar surface area (TPSA) is 46.5 Å². The van der Waals surface area contributed by atoms with Gasteiger partial charge in [0, 0.05) is 22.7 Å². The molecule has 5 aromatic rings. The highest BCUT2D eigenvalue weighted by Crippen LogP contribution is 2.29. The Bertz CT molecular complexity index is 1390. The van der Waals surface area contributed by atoms with Crippen LogP contribution in [0.4, 0.5) is 5.69 Å². The van der Waals surface area contributed by atoms with Crippen LogP contribution in [0.25, 0.3) is 32.4 Å². The summed E-state index contributed by atoms with van der Waals surface area (Å²) in [5.41, 5.74) is 7.09. The van der Waals surface area contributed by atoms with Crippen molar-refractivity contribution in [1.82, 2.24) is 4.98 Å². The average Bonchev–Trinajstić information content (AvgIpc) is 2.78. The van der Waals surface area contributed by atoms with E-state index in [4.69, 9.17) is 4.74 Å². The molecule has 0 aliphatic carbocycles. The third kappa shape index (κ3) is 3.68. The molecule has 1 aromatic heterocycles. The molecule has 31 heavy (non-hydrogen) atoms. The zero-order valence-electron chi connectivity index (χ0n) is 17.6. The zero-order valence-corrected chi connectivity index (χ0v) is 17.6. The normalized spacial score (nSPS) is 11.5. The molecule has 4 heteroatoms. The van der Waals surface area contributed by atoms with E-state index in [1.54, 1.807) is 0 Å². The zero-order chi connectivity index (χ0) is 21.2. The number of aromatic nitrogens is 1. The first-order valence-corrected chi connectivity index (χ1v) is 10.5. The lowest BCUT2D eigenvalue weighted by atomic mass is 9.97. The molecule has 0 atom stereocenters. The van der Waals surface area contributed by atoms with Gasteiger partial charge in [0.05, 0.1) is 24.0 Å². The number of rotatable bonds is 5. The molecule has 0 fully saturated rings. The molecule has 0 spiro atoms. The van der Waals surface area contributed by atoms with E-state index in [1.807, 2.05) is 44.3 Å². The van der Waals surface area contributed by atoms with Gasteiger partial charge in [-0.2, -0.15) is 5.10 Å². The average molecular weight is 406 g/mol. The second-order valence-electron chi connectivity index (χ2n) is 7.53. The van der Waals surface area contributed by atoms with Crippen molar-refractivity contribution < 1.29 is 4.74 Å². The molecule has 1 N–H and O–H groups in total. The Morgan fingerprint density at radius 2 is 1.58 bits per heavy atom. The third-order valence-electron chi connectivity index (χ3n) is 5.41. The van der Waals surface area contributed by atoms with E-state index in [-0.39, 0.29) is 0 Å². The molecule has 0 aliphatic rings. The minimum atomic E-state index is 0.631. The molecular weight excluding hydrogens is 382 g/mol. The summed E-state index contributed by atoms with van der Waals surface area (Å²) >= 11 is 0. The number of anilines is 1. The van der Waals surface area contributed by atoms with Crippen molar-refractivity contribution in [3.05, 3.63) is 90.1 Å². The fourth-order valence-corrected chi connectivity index (χ4v) is 4.04. The van der Waals surface area contributed by atoms with Crippen LogP contribution in [0.15, 0.2) is 84.0 Å². The number of nitrogens with zero attached hydrogens (tertiary/aromatic N) is 2. The molecule has 152 valence electrons. The smallest absolute Gasteiger partial charge is 0.121 e. The summed E-state index contributed by atoms with van der Waals surface area (Å²) in [5, 5.41) is 10.4. The summed E-state index contributed by atoms with van der Waals surface area (Å²) < 4.78 is 5.62. The van der Waals surface area contributed by atoms with Gasteiger partial charge in [-0.3, -0.25) is 10.4 Å². The molecule has 1 heterocycles. The molecular formula is C27H23N3O. The van der Waals surface area contributed by atoms with E-state index < -0.39 is 0 Å². The Labute approximate surface area is 181 Å². The summed E-state index contributed by atoms with van der Waals surface area (Å²) in [7, 11) is 0. The number of nitrogens with one attached hydrogen (secondary N) is 1. The maximum Gasteiger partial charge on any atom is 0.121 e. The van der Waals surface area contributed by atoms with E-state index in [0.29, 0.717) is 6.61 Å². The first-order valence-electron chi connectivity index (χ1n) is 10.5. The van der Waals surface area contributed by atoms with Crippen molar-refractivity contribution in [2.75, 3.05) is 12.0 Å². The number of pyridine rings is 1. The van der Waals surface area contributed by atoms with Crippen LogP contribution >= 0.6 is 0 Å². The van der Waals surface area contributed by atoms with Crippen molar-refractivity contribution in [3.8, 4) is 5.75 Å². The second-order valence-corrected chi connectivity index (χ2v) is 7.53. The van der Waals surface area contributed by atoms with Gasteiger partial charge in [0.1, 0.15) is 5.75 Å². The SMILES string of the molecule is CCOc1ccc2c(N/N=C/c3c4ccccc4cc4ccccc34)cc(C)nc2c1. The molecule has 4 aromatic carbocycles. The molecule has 0 saturated carbocycles. The van der Waals surface area contributed by atoms with Crippen LogP contribution in [0, 0.1) is 6.92 Å². The summed E-state index contributed by atoms with van der Waals surface area (Å²) in [6.07, 6.45) is 1.92. The van der Waals surface area contributed by atoms with E-state index in [1.165, 1.54) is 21.5 Å². The van der Waals surface area contributed by atoms with Crippen molar-refractivity contribution >= 4 is 44.3 Å². The third-order valence-corrected chi connectivity index (χ3v) is 5.41. The van der Waals surface area contributed by atoms with Crippen LogP contribution in [-0.4, -0.2) is 17.8 Å². The second kappa shape index (κ2) is 8.07. The predicted molar refractivity (Wildman–Crippen MR) is 130 cm³/mol. The number of hydrogen-bond donors (Lipinski definition) is 1. The summed E-state index contributed by atoms with van der Waals surface area (Å²) in [6.45, 7) is 4.60. The number of hydrogen-bond acceptors (Lipinski definition) is 4. The Morgan fingerprint density at radius 3 is 2.29 bits per heavy atom. The van der Waals surface area contributed by atoms with Gasteiger partial charge in [-0.15, -0.1) is 0 Å². The van der Waals surface area contributed by atoms with E-state index in [0.717, 1.165) is 33.6 Å². The first-order chi connectivity index (χ1) is 15.2. The Kier molecular flexibility index (Phi) is 4.97. The Hall–Kier alpha value is -3.92. The van der Waals surface area contributed by atoms with Crippen molar-refractivity contribution in [3.63, 3.8) is 0 Å². The maximum absolute atomic E-state index is 5.62. The Morgan fingerprint density at radius 1 is 0.871 bits per heavy atom. The molecule has 0 aliphatic heterocycles. The predicted octanol–water partition coefficient (Wildman–Crippen LogP) is 6.69. The van der Waals surface area contributed by atoms with Gasteiger partial charge in [0.2, 0.25) is 0 Å². The Balaban J connectivity index is 1.56. The quantitative estimate of drug-likeness (QED) is 0.201. The molecule has 0 saturated heterocycles. The lowest BCUT2D eigenvalue weighted by Crippen LogP contribution is -1.97. The minimum Gasteiger partial charge on any atom is -0.494 e. The van der Waals surface area contributed by atoms with E-state index in [2.05, 4.69) is 70.1 Å². The van der Waals surface area contributed by atoms with Crippen LogP contribution in [0.2, 0.25) is 0 Å². The minimum absolute atomic E-state index is 0.631. The largest absolute Gasteiger partial charge is 0.494 e. The van der Waals surface area contributed by atoms with Crippen molar-refractivity contribution in [2.24, 2.45) is 5.10 Å². The lowest BCUT2D eigenvalue weighted by molar-refractivity contribution is 0.340. The molecule has 0 radical (unpaired) electrons. The fourth-order valence-electron chi connectivity index (χ4n) is 4.04. The van der Waals surface area contributed by atoms with Gasteiger partial charge in [-0.1, -0.05) is 48.5 Å². The number of aryl methyl sites for hydroxylation is 1. The molecule has 0 unspecified atom stereocenters. The maximum atomic E-state index is 5.62. The highest BCUT2D eigenvalue weighted by Gasteiger charge is 2.07. The van der Waals surface area contributed by atoms with Crippen LogP contribution in [0.1, 0.15) is 18.2 Å². The van der Waals surface area contributed by atoms with Crippen LogP contribution < -0.4 is 10.2 Å². The van der Waals surface area contributed by atoms with Crippen LogP contribution in [-0.2, 0) is 0 Å². The highest BCUT2D eigenvalue weighted by atomic mass is 16.5.